The third-order valence-electron chi connectivity index (χ3n) is 2.67. The third kappa shape index (κ3) is 3.16. The molecule has 0 aliphatic carbocycles. The van der Waals surface area contributed by atoms with Crippen LogP contribution in [0.5, 0.6) is 0 Å². The highest BCUT2D eigenvalue weighted by atomic mass is 16.6. The standard InChI is InChI=1S/C12H13N5O3/c1-16-8-14-12(15-16)4-5-13-10-3-2-9(7-18)6-11(10)17(19)20/h2-3,6-8,13H,4-5H2,1H3. The highest BCUT2D eigenvalue weighted by molar-refractivity contribution is 5.79. The van der Waals surface area contributed by atoms with Crippen molar-refractivity contribution in [3.8, 4) is 0 Å². The zero-order chi connectivity index (χ0) is 14.5. The molecule has 0 aliphatic heterocycles. The molecular weight excluding hydrogens is 262 g/mol. The van der Waals surface area contributed by atoms with Gasteiger partial charge in [0, 0.05) is 31.6 Å². The molecule has 0 amide bonds. The van der Waals surface area contributed by atoms with Crippen molar-refractivity contribution in [3.05, 3.63) is 46.0 Å². The molecule has 0 saturated heterocycles. The number of hydrogen-bond acceptors (Lipinski definition) is 6. The first-order valence-corrected chi connectivity index (χ1v) is 5.92. The molecule has 20 heavy (non-hydrogen) atoms. The summed E-state index contributed by atoms with van der Waals surface area (Å²) in [6.07, 6.45) is 2.72. The molecule has 0 radical (unpaired) electrons. The number of hydrogen-bond donors (Lipinski definition) is 1. The van der Waals surface area contributed by atoms with Crippen molar-refractivity contribution in [3.63, 3.8) is 0 Å². The average Bonchev–Trinajstić information content (AvgIpc) is 2.84. The molecule has 1 heterocycles. The number of nitro groups is 1. The summed E-state index contributed by atoms with van der Waals surface area (Å²) in [7, 11) is 1.77. The Hall–Kier alpha value is -2.77. The largest absolute Gasteiger partial charge is 0.379 e. The van der Waals surface area contributed by atoms with Crippen LogP contribution in [0.25, 0.3) is 0 Å². The molecule has 0 unspecified atom stereocenters. The Balaban J connectivity index is 2.05. The van der Waals surface area contributed by atoms with Crippen LogP contribution < -0.4 is 5.32 Å². The fraction of sp³-hybridized carbons (Fsp3) is 0.250. The van der Waals surface area contributed by atoms with Crippen molar-refractivity contribution < 1.29 is 9.72 Å². The maximum Gasteiger partial charge on any atom is 0.293 e. The van der Waals surface area contributed by atoms with Crippen LogP contribution >= 0.6 is 0 Å². The zero-order valence-electron chi connectivity index (χ0n) is 10.8. The molecule has 8 nitrogen and oxygen atoms in total. The molecule has 0 saturated carbocycles. The van der Waals surface area contributed by atoms with E-state index in [4.69, 9.17) is 0 Å². The van der Waals surface area contributed by atoms with Crippen molar-refractivity contribution in [2.45, 2.75) is 6.42 Å². The Bertz CT molecular complexity index is 638. The van der Waals surface area contributed by atoms with Crippen LogP contribution in [0.3, 0.4) is 0 Å². The quantitative estimate of drug-likeness (QED) is 0.482. The van der Waals surface area contributed by atoms with Crippen molar-refractivity contribution >= 4 is 17.7 Å². The van der Waals surface area contributed by atoms with E-state index >= 15 is 0 Å². The fourth-order valence-electron chi connectivity index (χ4n) is 1.73. The minimum absolute atomic E-state index is 0.122. The van der Waals surface area contributed by atoms with E-state index in [9.17, 15) is 14.9 Å². The SMILES string of the molecule is Cn1cnc(CCNc2ccc(C=O)cc2[N+](=O)[O-])n1. The molecule has 104 valence electrons. The van der Waals surface area contributed by atoms with Crippen molar-refractivity contribution in [1.29, 1.82) is 0 Å². The second-order valence-corrected chi connectivity index (χ2v) is 4.16. The lowest BCUT2D eigenvalue weighted by Gasteiger charge is -2.06. The first-order chi connectivity index (χ1) is 9.60. The summed E-state index contributed by atoms with van der Waals surface area (Å²) in [4.78, 5) is 25.1. The van der Waals surface area contributed by atoms with Crippen molar-refractivity contribution in [2.24, 2.45) is 7.05 Å². The molecule has 1 aromatic carbocycles. The van der Waals surface area contributed by atoms with Gasteiger partial charge in [0.25, 0.3) is 5.69 Å². The average molecular weight is 275 g/mol. The van der Waals surface area contributed by atoms with Gasteiger partial charge in [0.15, 0.2) is 5.82 Å². The molecule has 1 aromatic heterocycles. The van der Waals surface area contributed by atoms with E-state index in [1.54, 1.807) is 18.1 Å². The van der Waals surface area contributed by atoms with E-state index in [0.29, 0.717) is 30.8 Å². The normalized spacial score (nSPS) is 10.2. The Morgan fingerprint density at radius 3 is 2.90 bits per heavy atom. The molecule has 0 aliphatic rings. The second kappa shape index (κ2) is 5.91. The summed E-state index contributed by atoms with van der Waals surface area (Å²) in [5.74, 6) is 0.659. The molecule has 1 N–H and O–H groups in total. The Morgan fingerprint density at radius 2 is 2.30 bits per heavy atom. The minimum atomic E-state index is -0.519. The van der Waals surface area contributed by atoms with Gasteiger partial charge in [-0.25, -0.2) is 4.98 Å². The van der Waals surface area contributed by atoms with Crippen LogP contribution in [0.2, 0.25) is 0 Å². The van der Waals surface area contributed by atoms with Gasteiger partial charge < -0.3 is 5.32 Å². The van der Waals surface area contributed by atoms with Crippen LogP contribution in [0, 0.1) is 10.1 Å². The van der Waals surface area contributed by atoms with E-state index in [2.05, 4.69) is 15.4 Å². The lowest BCUT2D eigenvalue weighted by Crippen LogP contribution is -2.08. The van der Waals surface area contributed by atoms with Crippen LogP contribution in [-0.2, 0) is 13.5 Å². The molecule has 0 spiro atoms. The monoisotopic (exact) mass is 275 g/mol. The number of nitro benzene ring substituents is 1. The van der Waals surface area contributed by atoms with Crippen LogP contribution in [-0.4, -0.2) is 32.5 Å². The summed E-state index contributed by atoms with van der Waals surface area (Å²) in [6, 6.07) is 4.30. The van der Waals surface area contributed by atoms with Gasteiger partial charge in [-0.2, -0.15) is 5.10 Å². The van der Waals surface area contributed by atoms with Crippen LogP contribution in [0.4, 0.5) is 11.4 Å². The predicted octanol–water partition coefficient (Wildman–Crippen LogP) is 1.19. The van der Waals surface area contributed by atoms with E-state index < -0.39 is 4.92 Å². The first kappa shape index (κ1) is 13.7. The summed E-state index contributed by atoms with van der Waals surface area (Å²) in [6.45, 7) is 0.464. The van der Waals surface area contributed by atoms with Crippen molar-refractivity contribution in [2.75, 3.05) is 11.9 Å². The molecule has 0 fully saturated rings. The number of aromatic nitrogens is 3. The van der Waals surface area contributed by atoms with Gasteiger partial charge in [-0.15, -0.1) is 0 Å². The molecular formula is C12H13N5O3. The summed E-state index contributed by atoms with van der Waals surface area (Å²) < 4.78 is 1.59. The first-order valence-electron chi connectivity index (χ1n) is 5.92. The molecule has 2 aromatic rings. The lowest BCUT2D eigenvalue weighted by molar-refractivity contribution is -0.384. The number of rotatable bonds is 6. The fourth-order valence-corrected chi connectivity index (χ4v) is 1.73. The number of aryl methyl sites for hydroxylation is 1. The maximum absolute atomic E-state index is 10.9. The second-order valence-electron chi connectivity index (χ2n) is 4.16. The molecule has 8 heteroatoms. The van der Waals surface area contributed by atoms with Gasteiger partial charge >= 0.3 is 0 Å². The van der Waals surface area contributed by atoms with Crippen molar-refractivity contribution in [1.82, 2.24) is 14.8 Å². The van der Waals surface area contributed by atoms with Gasteiger partial charge in [-0.1, -0.05) is 0 Å². The molecule has 2 rings (SSSR count). The van der Waals surface area contributed by atoms with E-state index in [0.717, 1.165) is 0 Å². The van der Waals surface area contributed by atoms with Gasteiger partial charge in [-0.3, -0.25) is 19.6 Å². The molecule has 0 bridgehead atoms. The van der Waals surface area contributed by atoms with E-state index in [1.165, 1.54) is 18.2 Å². The Kier molecular flexibility index (Phi) is 4.04. The highest BCUT2D eigenvalue weighted by Crippen LogP contribution is 2.24. The Morgan fingerprint density at radius 1 is 1.50 bits per heavy atom. The van der Waals surface area contributed by atoms with E-state index in [1.807, 2.05) is 0 Å². The zero-order valence-corrected chi connectivity index (χ0v) is 10.8. The Labute approximate surface area is 114 Å². The molecule has 0 atom stereocenters. The predicted molar refractivity (Wildman–Crippen MR) is 71.7 cm³/mol. The van der Waals surface area contributed by atoms with Gasteiger partial charge in [0.1, 0.15) is 18.3 Å². The number of aldehydes is 1. The van der Waals surface area contributed by atoms with E-state index in [-0.39, 0.29) is 11.3 Å². The summed E-state index contributed by atoms with van der Waals surface area (Å²) >= 11 is 0. The van der Waals surface area contributed by atoms with Crippen LogP contribution in [0.1, 0.15) is 16.2 Å². The number of anilines is 1. The van der Waals surface area contributed by atoms with Gasteiger partial charge in [0.2, 0.25) is 0 Å². The van der Waals surface area contributed by atoms with Crippen LogP contribution in [0.15, 0.2) is 24.5 Å². The highest BCUT2D eigenvalue weighted by Gasteiger charge is 2.14. The minimum Gasteiger partial charge on any atom is -0.379 e. The number of nitrogens with one attached hydrogen (secondary N) is 1. The third-order valence-corrected chi connectivity index (χ3v) is 2.67. The summed E-state index contributed by atoms with van der Waals surface area (Å²) in [5, 5.41) is 18.0. The topological polar surface area (TPSA) is 103 Å². The number of nitrogens with zero attached hydrogens (tertiary/aromatic N) is 4. The number of benzene rings is 1. The lowest BCUT2D eigenvalue weighted by atomic mass is 10.2. The van der Waals surface area contributed by atoms with Gasteiger partial charge in [0.05, 0.1) is 4.92 Å². The maximum atomic E-state index is 10.9. The summed E-state index contributed by atoms with van der Waals surface area (Å²) in [5.41, 5.74) is 0.522. The number of carbonyl (C=O) groups excluding carboxylic acids is 1. The number of carbonyl (C=O) groups is 1. The smallest absolute Gasteiger partial charge is 0.293 e. The van der Waals surface area contributed by atoms with Gasteiger partial charge in [-0.05, 0) is 12.1 Å².